The zero-order valence-corrected chi connectivity index (χ0v) is 18.1. The quantitative estimate of drug-likeness (QED) is 0.400. The molecule has 7 nitrogen and oxygen atoms in total. The number of aryl methyl sites for hydroxylation is 1. The number of hydrogen-bond donors (Lipinski definition) is 1. The van der Waals surface area contributed by atoms with Gasteiger partial charge in [0.25, 0.3) is 0 Å². The van der Waals surface area contributed by atoms with E-state index in [0.717, 1.165) is 36.4 Å². The summed E-state index contributed by atoms with van der Waals surface area (Å²) in [5, 5.41) is 2.47. The van der Waals surface area contributed by atoms with Crippen molar-refractivity contribution in [1.82, 2.24) is 9.88 Å². The molecule has 1 aromatic carbocycles. The number of benzene rings is 1. The molecule has 0 unspecified atom stereocenters. The Morgan fingerprint density at radius 3 is 2.61 bits per heavy atom. The monoisotopic (exact) mass is 424 g/mol. The van der Waals surface area contributed by atoms with Crippen molar-refractivity contribution in [3.05, 3.63) is 64.6 Å². The first-order chi connectivity index (χ1) is 14.8. The summed E-state index contributed by atoms with van der Waals surface area (Å²) in [4.78, 5) is 36.8. The number of aromatic nitrogens is 1. The molecule has 7 heteroatoms. The number of amides is 1. The van der Waals surface area contributed by atoms with Crippen LogP contribution in [0.5, 0.6) is 0 Å². The van der Waals surface area contributed by atoms with Gasteiger partial charge in [-0.1, -0.05) is 30.3 Å². The molecule has 2 aromatic rings. The van der Waals surface area contributed by atoms with E-state index < -0.39 is 18.5 Å². The van der Waals surface area contributed by atoms with Gasteiger partial charge in [0.2, 0.25) is 11.7 Å². The Labute approximate surface area is 182 Å². The van der Waals surface area contributed by atoms with E-state index in [0.29, 0.717) is 12.1 Å². The van der Waals surface area contributed by atoms with Crippen LogP contribution in [-0.4, -0.2) is 41.5 Å². The lowest BCUT2D eigenvalue weighted by Gasteiger charge is -2.14. The van der Waals surface area contributed by atoms with Crippen molar-refractivity contribution in [3.63, 3.8) is 0 Å². The maximum atomic E-state index is 12.7. The summed E-state index contributed by atoms with van der Waals surface area (Å²) in [6.07, 6.45) is 3.74. The van der Waals surface area contributed by atoms with E-state index in [-0.39, 0.29) is 17.6 Å². The molecule has 0 aliphatic carbocycles. The average Bonchev–Trinajstić information content (AvgIpc) is 3.35. The topological polar surface area (TPSA) is 86.6 Å². The third-order valence-electron chi connectivity index (χ3n) is 5.26. The maximum absolute atomic E-state index is 12.7. The molecule has 1 aliphatic heterocycles. The molecule has 2 heterocycles. The molecule has 0 radical (unpaired) electrons. The standard InChI is InChI=1S/C24H28N2O5/c1-16-12-21(17(2)26(16)14-20-10-7-11-30-20)23(28)15-31-24(29)22(25-18(3)27)13-19-8-5-4-6-9-19/h4-6,8-9,12-13,20H,7,10-11,14-15H2,1-3H3,(H,25,27)/b22-13-/t20-/m1/s1. The van der Waals surface area contributed by atoms with Crippen LogP contribution in [0, 0.1) is 13.8 Å². The van der Waals surface area contributed by atoms with Crippen LogP contribution in [0.4, 0.5) is 0 Å². The SMILES string of the molecule is CC(=O)N/C(=C\c1ccccc1)C(=O)OCC(=O)c1cc(C)n(C[C@H]2CCCO2)c1C. The third-order valence-corrected chi connectivity index (χ3v) is 5.26. The smallest absolute Gasteiger partial charge is 0.355 e. The highest BCUT2D eigenvalue weighted by atomic mass is 16.5. The summed E-state index contributed by atoms with van der Waals surface area (Å²) in [6.45, 7) is 6.21. The van der Waals surface area contributed by atoms with Gasteiger partial charge in [-0.2, -0.15) is 0 Å². The first-order valence-corrected chi connectivity index (χ1v) is 10.4. The molecule has 1 saturated heterocycles. The van der Waals surface area contributed by atoms with Gasteiger partial charge in [0, 0.05) is 37.0 Å². The van der Waals surface area contributed by atoms with E-state index in [1.54, 1.807) is 12.1 Å². The lowest BCUT2D eigenvalue weighted by molar-refractivity contribution is -0.139. The maximum Gasteiger partial charge on any atom is 0.355 e. The molecular weight excluding hydrogens is 396 g/mol. The molecule has 1 aliphatic rings. The zero-order chi connectivity index (χ0) is 22.4. The molecule has 3 rings (SSSR count). The van der Waals surface area contributed by atoms with Gasteiger partial charge in [-0.15, -0.1) is 0 Å². The van der Waals surface area contributed by atoms with Crippen LogP contribution >= 0.6 is 0 Å². The zero-order valence-electron chi connectivity index (χ0n) is 18.1. The Morgan fingerprint density at radius 1 is 1.23 bits per heavy atom. The van der Waals surface area contributed by atoms with Crippen molar-refractivity contribution in [2.75, 3.05) is 13.2 Å². The second-order valence-electron chi connectivity index (χ2n) is 7.68. The van der Waals surface area contributed by atoms with Crippen molar-refractivity contribution in [2.24, 2.45) is 0 Å². The molecule has 1 atom stereocenters. The molecule has 0 spiro atoms. The Balaban J connectivity index is 1.68. The van der Waals surface area contributed by atoms with Gasteiger partial charge in [0.05, 0.1) is 6.10 Å². The van der Waals surface area contributed by atoms with Gasteiger partial charge in [-0.3, -0.25) is 9.59 Å². The summed E-state index contributed by atoms with van der Waals surface area (Å²) >= 11 is 0. The highest BCUT2D eigenvalue weighted by Gasteiger charge is 2.22. The predicted molar refractivity (Wildman–Crippen MR) is 116 cm³/mol. The number of ether oxygens (including phenoxy) is 2. The number of nitrogens with zero attached hydrogens (tertiary/aromatic N) is 1. The van der Waals surface area contributed by atoms with Gasteiger partial charge < -0.3 is 19.4 Å². The van der Waals surface area contributed by atoms with Crippen molar-refractivity contribution in [1.29, 1.82) is 0 Å². The lowest BCUT2D eigenvalue weighted by Crippen LogP contribution is -2.27. The molecule has 1 N–H and O–H groups in total. The van der Waals surface area contributed by atoms with E-state index in [4.69, 9.17) is 9.47 Å². The molecular formula is C24H28N2O5. The number of esters is 1. The Kier molecular flexibility index (Phi) is 7.41. The van der Waals surface area contributed by atoms with E-state index in [9.17, 15) is 14.4 Å². The number of carbonyl (C=O) groups excluding carboxylic acids is 3. The van der Waals surface area contributed by atoms with Crippen molar-refractivity contribution in [3.8, 4) is 0 Å². The van der Waals surface area contributed by atoms with Gasteiger partial charge >= 0.3 is 5.97 Å². The lowest BCUT2D eigenvalue weighted by atomic mass is 10.1. The minimum Gasteiger partial charge on any atom is -0.453 e. The summed E-state index contributed by atoms with van der Waals surface area (Å²) in [6, 6.07) is 10.9. The number of nitrogens with one attached hydrogen (secondary N) is 1. The Hall–Kier alpha value is -3.19. The van der Waals surface area contributed by atoms with Gasteiger partial charge in [-0.25, -0.2) is 4.79 Å². The fourth-order valence-corrected chi connectivity index (χ4v) is 3.69. The van der Waals surface area contributed by atoms with Gasteiger partial charge in [0.15, 0.2) is 6.61 Å². The largest absolute Gasteiger partial charge is 0.453 e. The molecule has 31 heavy (non-hydrogen) atoms. The number of carbonyl (C=O) groups is 3. The number of rotatable bonds is 8. The minimum absolute atomic E-state index is 0.0182. The van der Waals surface area contributed by atoms with Crippen molar-refractivity contribution >= 4 is 23.7 Å². The van der Waals surface area contributed by atoms with Crippen molar-refractivity contribution in [2.45, 2.75) is 46.3 Å². The van der Waals surface area contributed by atoms with E-state index in [1.165, 1.54) is 13.0 Å². The molecule has 1 amide bonds. The highest BCUT2D eigenvalue weighted by Crippen LogP contribution is 2.21. The summed E-state index contributed by atoms with van der Waals surface area (Å²) < 4.78 is 13.0. The van der Waals surface area contributed by atoms with Crippen LogP contribution in [0.15, 0.2) is 42.1 Å². The molecule has 0 saturated carbocycles. The fraction of sp³-hybridized carbons (Fsp3) is 0.375. The number of Topliss-reactive ketones (excluding diaryl/α,β-unsaturated/α-hetero) is 1. The predicted octanol–water partition coefficient (Wildman–Crippen LogP) is 3.19. The summed E-state index contributed by atoms with van der Waals surface area (Å²) in [5.74, 6) is -1.45. The van der Waals surface area contributed by atoms with Crippen LogP contribution in [-0.2, 0) is 25.6 Å². The number of ketones is 1. The first kappa shape index (κ1) is 22.5. The average molecular weight is 424 g/mol. The fourth-order valence-electron chi connectivity index (χ4n) is 3.69. The highest BCUT2D eigenvalue weighted by molar-refractivity contribution is 6.02. The van der Waals surface area contributed by atoms with E-state index >= 15 is 0 Å². The van der Waals surface area contributed by atoms with Crippen LogP contribution < -0.4 is 5.32 Å². The second-order valence-corrected chi connectivity index (χ2v) is 7.68. The molecule has 1 aromatic heterocycles. The molecule has 1 fully saturated rings. The Morgan fingerprint density at radius 2 is 1.97 bits per heavy atom. The van der Waals surface area contributed by atoms with Crippen molar-refractivity contribution < 1.29 is 23.9 Å². The number of hydrogen-bond acceptors (Lipinski definition) is 5. The third kappa shape index (κ3) is 5.92. The first-order valence-electron chi connectivity index (χ1n) is 10.4. The molecule has 164 valence electrons. The Bertz CT molecular complexity index is 985. The van der Waals surface area contributed by atoms with E-state index in [2.05, 4.69) is 9.88 Å². The normalized spacial score (nSPS) is 16.2. The minimum atomic E-state index is -0.763. The van der Waals surface area contributed by atoms with Gasteiger partial charge in [0.1, 0.15) is 5.70 Å². The van der Waals surface area contributed by atoms with Crippen LogP contribution in [0.1, 0.15) is 47.1 Å². The second kappa shape index (κ2) is 10.2. The van der Waals surface area contributed by atoms with E-state index in [1.807, 2.05) is 38.1 Å². The summed E-state index contributed by atoms with van der Waals surface area (Å²) in [7, 11) is 0. The van der Waals surface area contributed by atoms with Crippen LogP contribution in [0.2, 0.25) is 0 Å². The summed E-state index contributed by atoms with van der Waals surface area (Å²) in [5.41, 5.74) is 3.03. The molecule has 0 bridgehead atoms. The van der Waals surface area contributed by atoms with Crippen LogP contribution in [0.25, 0.3) is 6.08 Å². The van der Waals surface area contributed by atoms with Crippen LogP contribution in [0.3, 0.4) is 0 Å². The van der Waals surface area contributed by atoms with Gasteiger partial charge in [-0.05, 0) is 44.4 Å².